The summed E-state index contributed by atoms with van der Waals surface area (Å²) in [6.45, 7) is 4.57. The van der Waals surface area contributed by atoms with Gasteiger partial charge in [-0.05, 0) is 38.5 Å². The second kappa shape index (κ2) is 32.4. The lowest BCUT2D eigenvalue weighted by atomic mass is 9.93. The van der Waals surface area contributed by atoms with E-state index in [9.17, 15) is 4.79 Å². The van der Waals surface area contributed by atoms with Crippen molar-refractivity contribution in [2.45, 2.75) is 206 Å². The van der Waals surface area contributed by atoms with Gasteiger partial charge in [-0.2, -0.15) is 0 Å². The molecule has 0 aromatic heterocycles. The third-order valence-corrected chi connectivity index (χ3v) is 8.37. The van der Waals surface area contributed by atoms with E-state index in [1.54, 1.807) is 0 Å². The van der Waals surface area contributed by atoms with Crippen molar-refractivity contribution in [1.82, 2.24) is 0 Å². The molecule has 2 heteroatoms. The van der Waals surface area contributed by atoms with Crippen molar-refractivity contribution in [3.8, 4) is 0 Å². The normalized spacial score (nSPS) is 12.5. The number of nitrogens with two attached hydrogens (primary N) is 1. The van der Waals surface area contributed by atoms with Gasteiger partial charge in [0.15, 0.2) is 0 Å². The molecule has 0 bridgehead atoms. The van der Waals surface area contributed by atoms with Crippen LogP contribution in [0.1, 0.15) is 206 Å². The van der Waals surface area contributed by atoms with Gasteiger partial charge in [-0.15, -0.1) is 0 Å². The number of hydrogen-bond donors (Lipinski definition) is 1. The van der Waals surface area contributed by atoms with Crippen LogP contribution in [0.15, 0.2) is 12.2 Å². The maximum Gasteiger partial charge on any atom is 0.220 e. The van der Waals surface area contributed by atoms with Crippen LogP contribution in [0, 0.1) is 5.92 Å². The molecule has 0 spiro atoms. The summed E-state index contributed by atoms with van der Waals surface area (Å²) in [5.41, 5.74) is 5.71. The fourth-order valence-electron chi connectivity index (χ4n) is 5.65. The Morgan fingerprint density at radius 2 is 0.711 bits per heavy atom. The van der Waals surface area contributed by atoms with Gasteiger partial charge in [0, 0.05) is 5.92 Å². The van der Waals surface area contributed by atoms with Gasteiger partial charge in [0.2, 0.25) is 5.91 Å². The van der Waals surface area contributed by atoms with Crippen molar-refractivity contribution in [1.29, 1.82) is 0 Å². The van der Waals surface area contributed by atoms with Crippen LogP contribution in [-0.2, 0) is 4.79 Å². The minimum absolute atomic E-state index is 0.0661. The van der Waals surface area contributed by atoms with Crippen molar-refractivity contribution in [2.24, 2.45) is 11.7 Å². The number of rotatable bonds is 32. The summed E-state index contributed by atoms with van der Waals surface area (Å²) in [5.74, 6) is 0.0439. The Bertz CT molecular complexity index is 486. The molecule has 226 valence electrons. The van der Waals surface area contributed by atoms with Crippen LogP contribution in [0.25, 0.3) is 0 Å². The summed E-state index contributed by atoms with van der Waals surface area (Å²) in [7, 11) is 0. The van der Waals surface area contributed by atoms with Gasteiger partial charge in [0.1, 0.15) is 0 Å². The Kier molecular flexibility index (Phi) is 31.7. The quantitative estimate of drug-likeness (QED) is 0.0678. The smallest absolute Gasteiger partial charge is 0.220 e. The first-order valence-corrected chi connectivity index (χ1v) is 17.7. The monoisotopic (exact) mass is 534 g/mol. The van der Waals surface area contributed by atoms with Crippen LogP contribution in [0.4, 0.5) is 0 Å². The molecule has 1 atom stereocenters. The van der Waals surface area contributed by atoms with Gasteiger partial charge in [-0.25, -0.2) is 0 Å². The summed E-state index contributed by atoms with van der Waals surface area (Å²) in [6.07, 6.45) is 44.8. The number of amides is 1. The maximum atomic E-state index is 11.9. The molecular weight excluding hydrogens is 462 g/mol. The highest BCUT2D eigenvalue weighted by Gasteiger charge is 2.14. The first-order valence-electron chi connectivity index (χ1n) is 17.7. The van der Waals surface area contributed by atoms with E-state index >= 15 is 0 Å². The van der Waals surface area contributed by atoms with E-state index in [1.165, 1.54) is 173 Å². The zero-order valence-electron chi connectivity index (χ0n) is 26.4. The molecule has 0 aliphatic rings. The van der Waals surface area contributed by atoms with Crippen molar-refractivity contribution in [3.63, 3.8) is 0 Å². The first kappa shape index (κ1) is 37.2. The molecule has 0 heterocycles. The number of primary amides is 1. The van der Waals surface area contributed by atoms with Crippen molar-refractivity contribution in [3.05, 3.63) is 12.2 Å². The number of allylic oxidation sites excluding steroid dienone is 2. The summed E-state index contributed by atoms with van der Waals surface area (Å²) >= 11 is 0. The fourth-order valence-corrected chi connectivity index (χ4v) is 5.65. The Hall–Kier alpha value is -0.790. The van der Waals surface area contributed by atoms with Gasteiger partial charge >= 0.3 is 0 Å². The molecule has 0 aliphatic carbocycles. The van der Waals surface area contributed by atoms with Crippen LogP contribution in [0.3, 0.4) is 0 Å². The van der Waals surface area contributed by atoms with Crippen molar-refractivity contribution in [2.75, 3.05) is 0 Å². The Morgan fingerprint density at radius 1 is 0.447 bits per heavy atom. The predicted octanol–water partition coefficient (Wildman–Crippen LogP) is 12.4. The van der Waals surface area contributed by atoms with Crippen LogP contribution in [-0.4, -0.2) is 5.91 Å². The van der Waals surface area contributed by atoms with Crippen molar-refractivity contribution < 1.29 is 4.79 Å². The zero-order valence-corrected chi connectivity index (χ0v) is 26.4. The molecule has 0 rings (SSSR count). The van der Waals surface area contributed by atoms with E-state index < -0.39 is 0 Å². The van der Waals surface area contributed by atoms with E-state index in [0.717, 1.165) is 19.3 Å². The molecule has 0 saturated carbocycles. The molecule has 0 saturated heterocycles. The van der Waals surface area contributed by atoms with E-state index in [1.807, 2.05) is 0 Å². The molecule has 0 aromatic rings. The third kappa shape index (κ3) is 29.8. The number of hydrogen-bond acceptors (Lipinski definition) is 1. The lowest BCUT2D eigenvalue weighted by Gasteiger charge is -2.13. The standard InChI is InChI=1S/C36H71NO/c1-3-5-7-9-11-13-15-17-19-20-22-24-26-28-30-32-34-35(36(37)38)33-31-29-27-25-23-21-18-16-14-12-10-8-6-4-2/h18,21,35H,3-17,19-20,22-34H2,1-2H3,(H2,37,38)/b21-18+. The summed E-state index contributed by atoms with van der Waals surface area (Å²) in [6, 6.07) is 0. The topological polar surface area (TPSA) is 43.1 Å². The highest BCUT2D eigenvalue weighted by atomic mass is 16.1. The third-order valence-electron chi connectivity index (χ3n) is 8.37. The Labute approximate surface area is 240 Å². The summed E-state index contributed by atoms with van der Waals surface area (Å²) in [4.78, 5) is 11.9. The SMILES string of the molecule is CCCCCCCC/C=C/CCCCCCC(CCCCCCCCCCCCCCCCCC)C(N)=O. The second-order valence-corrected chi connectivity index (χ2v) is 12.2. The Balaban J connectivity index is 3.43. The predicted molar refractivity (Wildman–Crippen MR) is 172 cm³/mol. The number of carbonyl (C=O) groups is 1. The van der Waals surface area contributed by atoms with Crippen LogP contribution >= 0.6 is 0 Å². The van der Waals surface area contributed by atoms with E-state index in [-0.39, 0.29) is 11.8 Å². The lowest BCUT2D eigenvalue weighted by Crippen LogP contribution is -2.23. The molecule has 0 aromatic carbocycles. The minimum Gasteiger partial charge on any atom is -0.369 e. The van der Waals surface area contributed by atoms with Gasteiger partial charge in [-0.1, -0.05) is 180 Å². The van der Waals surface area contributed by atoms with E-state index in [0.29, 0.717) is 0 Å². The largest absolute Gasteiger partial charge is 0.369 e. The summed E-state index contributed by atoms with van der Waals surface area (Å²) < 4.78 is 0. The molecule has 1 amide bonds. The van der Waals surface area contributed by atoms with E-state index in [2.05, 4.69) is 26.0 Å². The van der Waals surface area contributed by atoms with Crippen LogP contribution in [0.2, 0.25) is 0 Å². The molecule has 0 aliphatic heterocycles. The highest BCUT2D eigenvalue weighted by molar-refractivity contribution is 5.76. The first-order chi connectivity index (χ1) is 18.7. The average Bonchev–Trinajstić information content (AvgIpc) is 2.91. The molecule has 0 fully saturated rings. The van der Waals surface area contributed by atoms with Crippen LogP contribution in [0.5, 0.6) is 0 Å². The number of carbonyl (C=O) groups excluding carboxylic acids is 1. The van der Waals surface area contributed by atoms with Crippen LogP contribution < -0.4 is 5.73 Å². The maximum absolute atomic E-state index is 11.9. The zero-order chi connectivity index (χ0) is 27.8. The molecule has 2 N–H and O–H groups in total. The average molecular weight is 534 g/mol. The summed E-state index contributed by atoms with van der Waals surface area (Å²) in [5, 5.41) is 0. The molecule has 0 radical (unpaired) electrons. The lowest BCUT2D eigenvalue weighted by molar-refractivity contribution is -0.122. The molecule has 38 heavy (non-hydrogen) atoms. The number of unbranched alkanes of at least 4 members (excludes halogenated alkanes) is 25. The molecule has 2 nitrogen and oxygen atoms in total. The molecule has 1 unspecified atom stereocenters. The molecular formula is C36H71NO. The minimum atomic E-state index is -0.0661. The van der Waals surface area contributed by atoms with Crippen molar-refractivity contribution >= 4 is 5.91 Å². The van der Waals surface area contributed by atoms with Gasteiger partial charge in [0.05, 0.1) is 0 Å². The fraction of sp³-hybridized carbons (Fsp3) is 0.917. The Morgan fingerprint density at radius 3 is 1.00 bits per heavy atom. The highest BCUT2D eigenvalue weighted by Crippen LogP contribution is 2.19. The van der Waals surface area contributed by atoms with Gasteiger partial charge in [-0.3, -0.25) is 4.79 Å². The van der Waals surface area contributed by atoms with Gasteiger partial charge in [0.25, 0.3) is 0 Å². The van der Waals surface area contributed by atoms with E-state index in [4.69, 9.17) is 5.73 Å². The second-order valence-electron chi connectivity index (χ2n) is 12.2. The van der Waals surface area contributed by atoms with Gasteiger partial charge < -0.3 is 5.73 Å².